The molecule has 17 heavy (non-hydrogen) atoms. The molecule has 0 aliphatic rings. The highest BCUT2D eigenvalue weighted by molar-refractivity contribution is 6.16. The first-order valence-corrected chi connectivity index (χ1v) is 5.41. The van der Waals surface area contributed by atoms with Crippen LogP contribution in [0.25, 0.3) is 11.5 Å². The topological polar surface area (TPSA) is 69.2 Å². The number of hydrogen-bond acceptors (Lipinski definition) is 4. The number of benzene rings is 1. The number of halogens is 1. The molecule has 0 aliphatic heterocycles. The number of hydrogen-bond donors (Lipinski definition) is 0. The maximum Gasteiger partial charge on any atom is 0.272 e. The highest BCUT2D eigenvalue weighted by Crippen LogP contribution is 2.25. The summed E-state index contributed by atoms with van der Waals surface area (Å²) in [6.45, 7) is 1.67. The van der Waals surface area contributed by atoms with E-state index in [1.54, 1.807) is 19.1 Å². The third kappa shape index (κ3) is 2.29. The smallest absolute Gasteiger partial charge is 0.272 e. The highest BCUT2D eigenvalue weighted by Gasteiger charge is 2.13. The summed E-state index contributed by atoms with van der Waals surface area (Å²) in [6, 6.07) is 4.71. The minimum Gasteiger partial charge on any atom is -0.444 e. The fourth-order valence-corrected chi connectivity index (χ4v) is 1.62. The summed E-state index contributed by atoms with van der Waals surface area (Å²) < 4.78 is 5.23. The van der Waals surface area contributed by atoms with E-state index in [1.165, 1.54) is 12.3 Å². The van der Waals surface area contributed by atoms with Crippen molar-refractivity contribution in [2.24, 2.45) is 0 Å². The maximum absolute atomic E-state index is 10.7. The molecular formula is C11H9ClN2O3. The first-order chi connectivity index (χ1) is 8.11. The Morgan fingerprint density at radius 1 is 1.53 bits per heavy atom. The van der Waals surface area contributed by atoms with Crippen molar-refractivity contribution in [3.05, 3.63) is 45.8 Å². The van der Waals surface area contributed by atoms with Crippen LogP contribution < -0.4 is 0 Å². The highest BCUT2D eigenvalue weighted by atomic mass is 35.5. The van der Waals surface area contributed by atoms with Crippen molar-refractivity contribution >= 4 is 17.3 Å². The van der Waals surface area contributed by atoms with Crippen molar-refractivity contribution in [2.45, 2.75) is 12.8 Å². The Kier molecular flexibility index (Phi) is 3.10. The molecule has 0 atom stereocenters. The Morgan fingerprint density at radius 3 is 2.82 bits per heavy atom. The van der Waals surface area contributed by atoms with E-state index in [4.69, 9.17) is 16.0 Å². The molecule has 1 aromatic heterocycles. The quantitative estimate of drug-likeness (QED) is 0.477. The Morgan fingerprint density at radius 2 is 2.29 bits per heavy atom. The third-order valence-electron chi connectivity index (χ3n) is 2.33. The van der Waals surface area contributed by atoms with E-state index >= 15 is 0 Å². The van der Waals surface area contributed by atoms with Gasteiger partial charge in [-0.1, -0.05) is 0 Å². The second-order valence-corrected chi connectivity index (χ2v) is 3.80. The van der Waals surface area contributed by atoms with Gasteiger partial charge in [-0.2, -0.15) is 0 Å². The van der Waals surface area contributed by atoms with E-state index in [1.807, 2.05) is 0 Å². The largest absolute Gasteiger partial charge is 0.444 e. The molecule has 0 unspecified atom stereocenters. The van der Waals surface area contributed by atoms with E-state index in [0.717, 1.165) is 0 Å². The molecule has 0 aliphatic carbocycles. The summed E-state index contributed by atoms with van der Waals surface area (Å²) >= 11 is 5.61. The van der Waals surface area contributed by atoms with Crippen LogP contribution >= 0.6 is 11.6 Å². The van der Waals surface area contributed by atoms with Crippen LogP contribution in [0.2, 0.25) is 0 Å². The molecule has 88 valence electrons. The summed E-state index contributed by atoms with van der Waals surface area (Å²) in [7, 11) is 0. The summed E-state index contributed by atoms with van der Waals surface area (Å²) in [6.07, 6.45) is 1.47. The number of nitro groups is 1. The molecule has 0 bridgehead atoms. The van der Waals surface area contributed by atoms with Gasteiger partial charge in [0.05, 0.1) is 16.5 Å². The SMILES string of the molecule is Cc1cc(-c2nc(CCl)co2)ccc1[N+](=O)[O-]. The minimum absolute atomic E-state index is 0.0814. The van der Waals surface area contributed by atoms with Gasteiger partial charge in [0.1, 0.15) is 6.26 Å². The fourth-order valence-electron chi connectivity index (χ4n) is 1.49. The molecule has 0 spiro atoms. The summed E-state index contributed by atoms with van der Waals surface area (Å²) in [5, 5.41) is 10.7. The van der Waals surface area contributed by atoms with Crippen molar-refractivity contribution < 1.29 is 9.34 Å². The lowest BCUT2D eigenvalue weighted by molar-refractivity contribution is -0.385. The standard InChI is InChI=1S/C11H9ClN2O3/c1-7-4-8(2-3-10(7)14(15)16)11-13-9(5-12)6-17-11/h2-4,6H,5H2,1H3. The lowest BCUT2D eigenvalue weighted by Gasteiger charge is -1.99. The predicted molar refractivity (Wildman–Crippen MR) is 62.9 cm³/mol. The molecule has 2 aromatic rings. The van der Waals surface area contributed by atoms with Crippen LogP contribution in [0, 0.1) is 17.0 Å². The van der Waals surface area contributed by atoms with Crippen LogP contribution in [-0.2, 0) is 5.88 Å². The second kappa shape index (κ2) is 4.55. The molecule has 0 fully saturated rings. The van der Waals surface area contributed by atoms with Gasteiger partial charge in [-0.25, -0.2) is 4.98 Å². The number of nitro benzene ring substituents is 1. The van der Waals surface area contributed by atoms with Gasteiger partial charge in [0.25, 0.3) is 5.69 Å². The third-order valence-corrected chi connectivity index (χ3v) is 2.60. The van der Waals surface area contributed by atoms with Crippen LogP contribution in [0.3, 0.4) is 0 Å². The average molecular weight is 253 g/mol. The van der Waals surface area contributed by atoms with Crippen LogP contribution in [0.1, 0.15) is 11.3 Å². The zero-order valence-corrected chi connectivity index (χ0v) is 9.77. The van der Waals surface area contributed by atoms with Gasteiger partial charge in [0.15, 0.2) is 0 Å². The number of nitrogens with zero attached hydrogens (tertiary/aromatic N) is 2. The van der Waals surface area contributed by atoms with Crippen molar-refractivity contribution in [1.82, 2.24) is 4.98 Å². The summed E-state index contributed by atoms with van der Waals surface area (Å²) in [5.74, 6) is 0.689. The molecule has 5 nitrogen and oxygen atoms in total. The van der Waals surface area contributed by atoms with E-state index in [-0.39, 0.29) is 11.6 Å². The fraction of sp³-hybridized carbons (Fsp3) is 0.182. The number of alkyl halides is 1. The minimum atomic E-state index is -0.418. The summed E-state index contributed by atoms with van der Waals surface area (Å²) in [4.78, 5) is 14.4. The Balaban J connectivity index is 2.40. The first kappa shape index (κ1) is 11.6. The van der Waals surface area contributed by atoms with Crippen molar-refractivity contribution in [3.63, 3.8) is 0 Å². The van der Waals surface area contributed by atoms with Crippen molar-refractivity contribution in [2.75, 3.05) is 0 Å². The van der Waals surface area contributed by atoms with Gasteiger partial charge < -0.3 is 4.42 Å². The average Bonchev–Trinajstić information content (AvgIpc) is 2.76. The molecule has 0 amide bonds. The lowest BCUT2D eigenvalue weighted by atomic mass is 10.1. The molecule has 1 aromatic carbocycles. The molecular weight excluding hydrogens is 244 g/mol. The molecule has 1 heterocycles. The van der Waals surface area contributed by atoms with E-state index in [9.17, 15) is 10.1 Å². The van der Waals surface area contributed by atoms with Crippen molar-refractivity contribution in [1.29, 1.82) is 0 Å². The van der Waals surface area contributed by atoms with E-state index in [2.05, 4.69) is 4.98 Å². The first-order valence-electron chi connectivity index (χ1n) is 4.87. The van der Waals surface area contributed by atoms with Crippen LogP contribution in [0.15, 0.2) is 28.9 Å². The molecule has 0 radical (unpaired) electrons. The molecule has 6 heteroatoms. The zero-order chi connectivity index (χ0) is 12.4. The Bertz CT molecular complexity index is 566. The molecule has 0 saturated heterocycles. The number of oxazole rings is 1. The van der Waals surface area contributed by atoms with Gasteiger partial charge in [0, 0.05) is 17.2 Å². The van der Waals surface area contributed by atoms with Crippen LogP contribution in [0.5, 0.6) is 0 Å². The number of rotatable bonds is 3. The van der Waals surface area contributed by atoms with Gasteiger partial charge in [-0.3, -0.25) is 10.1 Å². The normalized spacial score (nSPS) is 10.5. The van der Waals surface area contributed by atoms with Gasteiger partial charge in [-0.15, -0.1) is 11.6 Å². The van der Waals surface area contributed by atoms with Gasteiger partial charge in [0.2, 0.25) is 5.89 Å². The monoisotopic (exact) mass is 252 g/mol. The van der Waals surface area contributed by atoms with Crippen LogP contribution in [0.4, 0.5) is 5.69 Å². The van der Waals surface area contributed by atoms with Crippen LogP contribution in [-0.4, -0.2) is 9.91 Å². The van der Waals surface area contributed by atoms with E-state index in [0.29, 0.717) is 22.7 Å². The van der Waals surface area contributed by atoms with E-state index < -0.39 is 4.92 Å². The molecule has 0 N–H and O–H groups in total. The number of aryl methyl sites for hydroxylation is 1. The Labute approximate surface area is 102 Å². The van der Waals surface area contributed by atoms with Gasteiger partial charge >= 0.3 is 0 Å². The molecule has 2 rings (SSSR count). The summed E-state index contributed by atoms with van der Waals surface area (Å²) in [5.41, 5.74) is 1.98. The zero-order valence-electron chi connectivity index (χ0n) is 9.01. The predicted octanol–water partition coefficient (Wildman–Crippen LogP) is 3.30. The second-order valence-electron chi connectivity index (χ2n) is 3.54. The number of aromatic nitrogens is 1. The maximum atomic E-state index is 10.7. The molecule has 0 saturated carbocycles. The van der Waals surface area contributed by atoms with Crippen molar-refractivity contribution in [3.8, 4) is 11.5 Å². The Hall–Kier alpha value is -1.88. The lowest BCUT2D eigenvalue weighted by Crippen LogP contribution is -1.91. The van der Waals surface area contributed by atoms with Gasteiger partial charge in [-0.05, 0) is 19.1 Å².